The van der Waals surface area contributed by atoms with Crippen LogP contribution in [0.1, 0.15) is 51.4 Å². The Hall–Kier alpha value is -1.62. The molecule has 0 spiro atoms. The fourth-order valence-electron chi connectivity index (χ4n) is 1.90. The van der Waals surface area contributed by atoms with Crippen LogP contribution >= 0.6 is 0 Å². The third-order valence-corrected chi connectivity index (χ3v) is 4.68. The lowest BCUT2D eigenvalue weighted by Crippen LogP contribution is -2.34. The van der Waals surface area contributed by atoms with E-state index in [0.717, 1.165) is 25.7 Å². The maximum absolute atomic E-state index is 12.0. The van der Waals surface area contributed by atoms with Gasteiger partial charge in [0.1, 0.15) is 0 Å². The normalized spacial score (nSPS) is 10.8. The van der Waals surface area contributed by atoms with Gasteiger partial charge >= 0.3 is 0 Å². The predicted octanol–water partition coefficient (Wildman–Crippen LogP) is 2.31. The summed E-state index contributed by atoms with van der Waals surface area (Å²) < 4.78 is 25.3. The SMILES string of the molecule is N#CCCCCCN(CCCCCC#N)S(=O)(=O)CC#N. The van der Waals surface area contributed by atoms with E-state index in [9.17, 15) is 8.42 Å². The number of hydrogen-bond acceptors (Lipinski definition) is 5. The van der Waals surface area contributed by atoms with Gasteiger partial charge in [0.05, 0.1) is 18.2 Å². The Kier molecular flexibility index (Phi) is 11.2. The van der Waals surface area contributed by atoms with Gasteiger partial charge in [-0.1, -0.05) is 12.8 Å². The van der Waals surface area contributed by atoms with E-state index in [1.165, 1.54) is 4.31 Å². The van der Waals surface area contributed by atoms with Crippen molar-refractivity contribution in [2.75, 3.05) is 18.8 Å². The molecule has 0 saturated carbocycles. The van der Waals surface area contributed by atoms with Crippen LogP contribution in [0.25, 0.3) is 0 Å². The molecule has 0 fully saturated rings. The maximum Gasteiger partial charge on any atom is 0.227 e. The highest BCUT2D eigenvalue weighted by atomic mass is 32.2. The Labute approximate surface area is 127 Å². The van der Waals surface area contributed by atoms with Crippen molar-refractivity contribution < 1.29 is 8.42 Å². The van der Waals surface area contributed by atoms with Crippen LogP contribution in [0.3, 0.4) is 0 Å². The molecule has 0 aliphatic heterocycles. The van der Waals surface area contributed by atoms with Crippen LogP contribution < -0.4 is 0 Å². The van der Waals surface area contributed by atoms with Crippen LogP contribution in [0.15, 0.2) is 0 Å². The third kappa shape index (κ3) is 9.85. The second kappa shape index (κ2) is 12.1. The van der Waals surface area contributed by atoms with E-state index in [2.05, 4.69) is 12.1 Å². The fourth-order valence-corrected chi connectivity index (χ4v) is 3.06. The summed E-state index contributed by atoms with van der Waals surface area (Å²) in [6.45, 7) is 0.793. The zero-order chi connectivity index (χ0) is 16.0. The summed E-state index contributed by atoms with van der Waals surface area (Å²) in [5, 5.41) is 25.5. The highest BCUT2D eigenvalue weighted by molar-refractivity contribution is 7.89. The molecule has 0 atom stereocenters. The van der Waals surface area contributed by atoms with Crippen molar-refractivity contribution in [2.24, 2.45) is 0 Å². The van der Waals surface area contributed by atoms with Gasteiger partial charge in [0.15, 0.2) is 5.75 Å². The number of hydrogen-bond donors (Lipinski definition) is 0. The Bertz CT molecular complexity index is 473. The van der Waals surface area contributed by atoms with Crippen LogP contribution in [0.4, 0.5) is 0 Å². The molecule has 21 heavy (non-hydrogen) atoms. The molecule has 0 aromatic heterocycles. The largest absolute Gasteiger partial charge is 0.227 e. The van der Waals surface area contributed by atoms with Crippen molar-refractivity contribution in [2.45, 2.75) is 51.4 Å². The molecule has 0 saturated heterocycles. The number of rotatable bonds is 12. The molecule has 0 aromatic carbocycles. The highest BCUT2D eigenvalue weighted by Gasteiger charge is 2.20. The van der Waals surface area contributed by atoms with Crippen molar-refractivity contribution >= 4 is 10.0 Å². The van der Waals surface area contributed by atoms with E-state index < -0.39 is 15.8 Å². The average molecular weight is 310 g/mol. The number of nitrogens with zero attached hydrogens (tertiary/aromatic N) is 4. The highest BCUT2D eigenvalue weighted by Crippen LogP contribution is 2.10. The Balaban J connectivity index is 4.27. The molecule has 0 unspecified atom stereocenters. The second-order valence-corrected chi connectivity index (χ2v) is 6.72. The molecule has 7 heteroatoms. The van der Waals surface area contributed by atoms with E-state index in [0.29, 0.717) is 38.8 Å². The van der Waals surface area contributed by atoms with E-state index in [1.807, 2.05) is 0 Å². The summed E-state index contributed by atoms with van der Waals surface area (Å²) in [5.41, 5.74) is 0. The van der Waals surface area contributed by atoms with Crippen molar-refractivity contribution in [3.63, 3.8) is 0 Å². The van der Waals surface area contributed by atoms with Gasteiger partial charge in [-0.2, -0.15) is 15.8 Å². The Morgan fingerprint density at radius 2 is 1.19 bits per heavy atom. The van der Waals surface area contributed by atoms with Crippen LogP contribution in [0.5, 0.6) is 0 Å². The first-order valence-corrected chi connectivity index (χ1v) is 8.78. The molecule has 116 valence electrons. The number of sulfonamides is 1. The summed E-state index contributed by atoms with van der Waals surface area (Å²) in [5.74, 6) is -0.497. The summed E-state index contributed by atoms with van der Waals surface area (Å²) in [6, 6.07) is 5.81. The molecule has 0 radical (unpaired) electrons. The quantitative estimate of drug-likeness (QED) is 0.514. The first-order valence-electron chi connectivity index (χ1n) is 7.17. The Morgan fingerprint density at radius 3 is 1.57 bits per heavy atom. The van der Waals surface area contributed by atoms with Gasteiger partial charge in [-0.05, 0) is 25.7 Å². The molecule has 0 bridgehead atoms. The average Bonchev–Trinajstić information content (AvgIpc) is 2.44. The molecule has 6 nitrogen and oxygen atoms in total. The first-order chi connectivity index (χ1) is 10.1. The summed E-state index contributed by atoms with van der Waals surface area (Å²) >= 11 is 0. The molecule has 0 aliphatic rings. The second-order valence-electron chi connectivity index (χ2n) is 4.75. The molecule has 0 aliphatic carbocycles. The lowest BCUT2D eigenvalue weighted by Gasteiger charge is -2.20. The van der Waals surface area contributed by atoms with E-state index in [1.54, 1.807) is 6.07 Å². The van der Waals surface area contributed by atoms with Gasteiger partial charge in [0.25, 0.3) is 0 Å². The summed E-state index contributed by atoms with van der Waals surface area (Å²) in [4.78, 5) is 0. The number of nitriles is 3. The zero-order valence-electron chi connectivity index (χ0n) is 12.3. The van der Waals surface area contributed by atoms with Gasteiger partial charge in [-0.15, -0.1) is 0 Å². The lowest BCUT2D eigenvalue weighted by atomic mass is 10.2. The summed E-state index contributed by atoms with van der Waals surface area (Å²) in [7, 11) is -3.52. The minimum Gasteiger partial charge on any atom is -0.211 e. The van der Waals surface area contributed by atoms with Crippen LogP contribution in [0.2, 0.25) is 0 Å². The molecule has 0 amide bonds. The Morgan fingerprint density at radius 1 is 0.714 bits per heavy atom. The molecule has 0 rings (SSSR count). The minimum absolute atomic E-state index is 0.397. The van der Waals surface area contributed by atoms with Gasteiger partial charge in [-0.25, -0.2) is 12.7 Å². The first kappa shape index (κ1) is 19.4. The zero-order valence-corrected chi connectivity index (χ0v) is 13.1. The topological polar surface area (TPSA) is 109 Å². The summed E-state index contributed by atoms with van der Waals surface area (Å²) in [6.07, 6.45) is 5.52. The van der Waals surface area contributed by atoms with Crippen LogP contribution in [-0.4, -0.2) is 31.6 Å². The van der Waals surface area contributed by atoms with Crippen molar-refractivity contribution in [3.05, 3.63) is 0 Å². The molecule has 0 aromatic rings. The van der Waals surface area contributed by atoms with E-state index in [4.69, 9.17) is 15.8 Å². The predicted molar refractivity (Wildman–Crippen MR) is 79.1 cm³/mol. The molecular weight excluding hydrogens is 288 g/mol. The van der Waals surface area contributed by atoms with Gasteiger partial charge in [0.2, 0.25) is 10.0 Å². The molecule has 0 heterocycles. The van der Waals surface area contributed by atoms with Crippen LogP contribution in [0, 0.1) is 34.0 Å². The monoisotopic (exact) mass is 310 g/mol. The van der Waals surface area contributed by atoms with E-state index in [-0.39, 0.29) is 0 Å². The molecule has 0 N–H and O–H groups in total. The van der Waals surface area contributed by atoms with Gasteiger partial charge in [0, 0.05) is 25.9 Å². The fraction of sp³-hybridized carbons (Fsp3) is 0.786. The van der Waals surface area contributed by atoms with Crippen molar-refractivity contribution in [3.8, 4) is 18.2 Å². The molecular formula is C14H22N4O2S. The van der Waals surface area contributed by atoms with Crippen molar-refractivity contribution in [1.82, 2.24) is 4.31 Å². The van der Waals surface area contributed by atoms with Crippen LogP contribution in [-0.2, 0) is 10.0 Å². The van der Waals surface area contributed by atoms with E-state index >= 15 is 0 Å². The lowest BCUT2D eigenvalue weighted by molar-refractivity contribution is 0.388. The standard InChI is InChI=1S/C14H22N4O2S/c15-9-5-1-3-7-12-18(21(19,20)14-11-17)13-8-4-2-6-10-16/h1-8,12-14H2. The number of unbranched alkanes of at least 4 members (excludes halogenated alkanes) is 6. The van der Waals surface area contributed by atoms with Gasteiger partial charge < -0.3 is 0 Å². The maximum atomic E-state index is 12.0. The third-order valence-electron chi connectivity index (χ3n) is 3.03. The van der Waals surface area contributed by atoms with Crippen molar-refractivity contribution in [1.29, 1.82) is 15.8 Å². The smallest absolute Gasteiger partial charge is 0.211 e. The van der Waals surface area contributed by atoms with Gasteiger partial charge in [-0.3, -0.25) is 0 Å². The minimum atomic E-state index is -3.52.